The van der Waals surface area contributed by atoms with Gasteiger partial charge in [0.25, 0.3) is 5.91 Å². The van der Waals surface area contributed by atoms with E-state index in [0.29, 0.717) is 30.9 Å². The molecule has 3 heterocycles. The molecular weight excluding hydrogens is 582 g/mol. The molecule has 5 rings (SSSR count). The van der Waals surface area contributed by atoms with Crippen LogP contribution in [0.1, 0.15) is 44.7 Å². The number of carbonyl (C=O) groups is 3. The van der Waals surface area contributed by atoms with Gasteiger partial charge in [-0.15, -0.1) is 13.2 Å². The molecule has 0 saturated carbocycles. The Labute approximate surface area is 272 Å². The van der Waals surface area contributed by atoms with Crippen molar-refractivity contribution in [2.24, 2.45) is 17.8 Å². The van der Waals surface area contributed by atoms with Gasteiger partial charge in [0, 0.05) is 24.5 Å². The summed E-state index contributed by atoms with van der Waals surface area (Å²) in [5.41, 5.74) is 2.08. The summed E-state index contributed by atoms with van der Waals surface area (Å²) in [5, 5.41) is 10.6. The standard InChI is InChI=1S/C37H47N3O6/c1-8-19-38(26-13-15-27(16-14-26)45-10-3)34(42)31-30-17-18-37(46-30)32(31)35(43)40(29(22-41)23(4)5)33(37)36(44)39(20-9-2)28-21-24(6)11-12-25(28)7/h8-9,11-16,21,23,29-33,41H,1-2,10,17-20,22H2,3-7H3/t29-,30-,31+,32-,33?,37?/m0/s1. The van der Waals surface area contributed by atoms with Crippen molar-refractivity contribution in [2.75, 3.05) is 36.1 Å². The summed E-state index contributed by atoms with van der Waals surface area (Å²) in [5.74, 6) is -2.00. The predicted octanol–water partition coefficient (Wildman–Crippen LogP) is 4.83. The van der Waals surface area contributed by atoms with Gasteiger partial charge in [-0.05, 0) is 81.0 Å². The van der Waals surface area contributed by atoms with Gasteiger partial charge in [0.05, 0.1) is 37.2 Å². The Kier molecular flexibility index (Phi) is 9.75. The van der Waals surface area contributed by atoms with Gasteiger partial charge in [0.15, 0.2) is 0 Å². The Morgan fingerprint density at radius 1 is 1.09 bits per heavy atom. The summed E-state index contributed by atoms with van der Waals surface area (Å²) in [6.07, 6.45) is 3.81. The van der Waals surface area contributed by atoms with Crippen molar-refractivity contribution < 1.29 is 29.0 Å². The number of benzene rings is 2. The van der Waals surface area contributed by atoms with E-state index >= 15 is 0 Å². The zero-order valence-corrected chi connectivity index (χ0v) is 27.6. The van der Waals surface area contributed by atoms with Crippen LogP contribution in [0.3, 0.4) is 0 Å². The summed E-state index contributed by atoms with van der Waals surface area (Å²) in [4.78, 5) is 49.1. The fourth-order valence-electron chi connectivity index (χ4n) is 7.74. The maximum absolute atomic E-state index is 14.9. The van der Waals surface area contributed by atoms with E-state index in [2.05, 4.69) is 13.2 Å². The average Bonchev–Trinajstić information content (AvgIpc) is 3.68. The van der Waals surface area contributed by atoms with Gasteiger partial charge in [-0.1, -0.05) is 38.1 Å². The molecule has 46 heavy (non-hydrogen) atoms. The number of amides is 3. The third kappa shape index (κ3) is 5.53. The maximum atomic E-state index is 14.9. The van der Waals surface area contributed by atoms with E-state index in [1.165, 1.54) is 0 Å². The molecule has 2 unspecified atom stereocenters. The lowest BCUT2D eigenvalue weighted by Gasteiger charge is -2.40. The molecule has 9 nitrogen and oxygen atoms in total. The third-order valence-electron chi connectivity index (χ3n) is 9.84. The number of fused-ring (bicyclic) bond motifs is 1. The van der Waals surface area contributed by atoms with E-state index in [-0.39, 0.29) is 43.3 Å². The van der Waals surface area contributed by atoms with Gasteiger partial charge in [-0.2, -0.15) is 0 Å². The van der Waals surface area contributed by atoms with Gasteiger partial charge in [-0.25, -0.2) is 0 Å². The number of ether oxygens (including phenoxy) is 2. The Morgan fingerprint density at radius 3 is 2.37 bits per heavy atom. The number of anilines is 2. The normalized spacial score (nSPS) is 25.4. The summed E-state index contributed by atoms with van der Waals surface area (Å²) >= 11 is 0. The Morgan fingerprint density at radius 2 is 1.76 bits per heavy atom. The highest BCUT2D eigenvalue weighted by molar-refractivity contribution is 6.07. The maximum Gasteiger partial charge on any atom is 0.253 e. The molecular formula is C37H47N3O6. The second-order valence-electron chi connectivity index (χ2n) is 13.0. The molecule has 2 aromatic carbocycles. The molecule has 0 aromatic heterocycles. The molecule has 3 fully saturated rings. The van der Waals surface area contributed by atoms with E-state index in [1.807, 2.05) is 77.1 Å². The molecule has 3 aliphatic heterocycles. The summed E-state index contributed by atoms with van der Waals surface area (Å²) in [6, 6.07) is 11.5. The number of likely N-dealkylation sites (tertiary alicyclic amines) is 1. The van der Waals surface area contributed by atoms with E-state index < -0.39 is 35.6 Å². The molecule has 2 aromatic rings. The Hall–Kier alpha value is -3.95. The van der Waals surface area contributed by atoms with Crippen LogP contribution in [0.5, 0.6) is 5.75 Å². The van der Waals surface area contributed by atoms with Gasteiger partial charge in [0.1, 0.15) is 17.4 Å². The van der Waals surface area contributed by atoms with Crippen molar-refractivity contribution in [1.29, 1.82) is 0 Å². The number of aliphatic hydroxyl groups excluding tert-OH is 1. The molecule has 246 valence electrons. The molecule has 0 aliphatic carbocycles. The molecule has 3 amide bonds. The minimum absolute atomic E-state index is 0.152. The average molecular weight is 630 g/mol. The molecule has 0 radical (unpaired) electrons. The van der Waals surface area contributed by atoms with Gasteiger partial charge in [-0.3, -0.25) is 14.4 Å². The van der Waals surface area contributed by atoms with Gasteiger partial charge in [0.2, 0.25) is 11.8 Å². The number of carbonyl (C=O) groups excluding carboxylic acids is 3. The Balaban J connectivity index is 1.59. The first-order valence-electron chi connectivity index (χ1n) is 16.3. The van der Waals surface area contributed by atoms with Crippen LogP contribution in [0.4, 0.5) is 11.4 Å². The number of rotatable bonds is 13. The fraction of sp³-hybridized carbons (Fsp3) is 0.486. The highest BCUT2D eigenvalue weighted by Crippen LogP contribution is 2.59. The van der Waals surface area contributed by atoms with Crippen LogP contribution in [0, 0.1) is 31.6 Å². The lowest BCUT2D eigenvalue weighted by molar-refractivity contribution is -0.145. The van der Waals surface area contributed by atoms with Crippen LogP contribution in [0.2, 0.25) is 0 Å². The topological polar surface area (TPSA) is 99.6 Å². The third-order valence-corrected chi connectivity index (χ3v) is 9.84. The minimum atomic E-state index is -1.21. The van der Waals surface area contributed by atoms with Crippen molar-refractivity contribution in [2.45, 2.75) is 71.2 Å². The number of hydrogen-bond donors (Lipinski definition) is 1. The molecule has 3 saturated heterocycles. The summed E-state index contributed by atoms with van der Waals surface area (Å²) < 4.78 is 12.3. The van der Waals surface area contributed by atoms with Crippen LogP contribution in [0.15, 0.2) is 67.8 Å². The van der Waals surface area contributed by atoms with Crippen molar-refractivity contribution in [1.82, 2.24) is 4.90 Å². The number of nitrogens with zero attached hydrogens (tertiary/aromatic N) is 3. The van der Waals surface area contributed by atoms with E-state index in [4.69, 9.17) is 9.47 Å². The molecule has 1 spiro atoms. The first kappa shape index (κ1) is 33.4. The van der Waals surface area contributed by atoms with Crippen LogP contribution >= 0.6 is 0 Å². The number of hydrogen-bond acceptors (Lipinski definition) is 6. The fourth-order valence-corrected chi connectivity index (χ4v) is 7.74. The highest BCUT2D eigenvalue weighted by Gasteiger charge is 2.75. The van der Waals surface area contributed by atoms with Crippen LogP contribution in [-0.2, 0) is 19.1 Å². The van der Waals surface area contributed by atoms with Crippen LogP contribution < -0.4 is 14.5 Å². The molecule has 6 atom stereocenters. The monoisotopic (exact) mass is 629 g/mol. The molecule has 1 N–H and O–H groups in total. The van der Waals surface area contributed by atoms with E-state index in [0.717, 1.165) is 16.8 Å². The van der Waals surface area contributed by atoms with E-state index in [1.54, 1.807) is 26.9 Å². The van der Waals surface area contributed by atoms with Crippen molar-refractivity contribution in [3.63, 3.8) is 0 Å². The lowest BCUT2D eigenvalue weighted by Crippen LogP contribution is -2.60. The number of aliphatic hydroxyl groups is 1. The predicted molar refractivity (Wildman–Crippen MR) is 179 cm³/mol. The van der Waals surface area contributed by atoms with Crippen molar-refractivity contribution >= 4 is 29.1 Å². The second-order valence-corrected chi connectivity index (χ2v) is 13.0. The van der Waals surface area contributed by atoms with Crippen molar-refractivity contribution in [3.8, 4) is 5.75 Å². The zero-order valence-electron chi connectivity index (χ0n) is 27.6. The van der Waals surface area contributed by atoms with Crippen molar-refractivity contribution in [3.05, 3.63) is 78.9 Å². The highest BCUT2D eigenvalue weighted by atomic mass is 16.5. The first-order chi connectivity index (χ1) is 22.0. The van der Waals surface area contributed by atoms with Crippen LogP contribution in [0.25, 0.3) is 0 Å². The zero-order chi connectivity index (χ0) is 33.3. The summed E-state index contributed by atoms with van der Waals surface area (Å²) in [6.45, 7) is 18.1. The smallest absolute Gasteiger partial charge is 0.253 e. The lowest BCUT2D eigenvalue weighted by atomic mass is 9.70. The minimum Gasteiger partial charge on any atom is -0.494 e. The quantitative estimate of drug-likeness (QED) is 0.319. The van der Waals surface area contributed by atoms with Gasteiger partial charge >= 0.3 is 0 Å². The number of aryl methyl sites for hydroxylation is 2. The largest absolute Gasteiger partial charge is 0.494 e. The molecule has 3 aliphatic rings. The second kappa shape index (κ2) is 13.4. The molecule has 9 heteroatoms. The van der Waals surface area contributed by atoms with E-state index in [9.17, 15) is 19.5 Å². The SMILES string of the molecule is C=CCN(C(=O)[C@@H]1[C@@H]2CCC3(O2)C(C(=O)N(CC=C)c2cc(C)ccc2C)N([C@@H](CO)C(C)C)C(=O)[C@H]13)c1ccc(OCC)cc1. The Bertz CT molecular complexity index is 1490. The summed E-state index contributed by atoms with van der Waals surface area (Å²) in [7, 11) is 0. The van der Waals surface area contributed by atoms with Gasteiger partial charge < -0.3 is 29.3 Å². The molecule has 2 bridgehead atoms. The van der Waals surface area contributed by atoms with Crippen LogP contribution in [-0.4, -0.2) is 77.8 Å². The first-order valence-corrected chi connectivity index (χ1v) is 16.3.